The van der Waals surface area contributed by atoms with Crippen molar-refractivity contribution in [1.82, 2.24) is 14.8 Å². The van der Waals surface area contributed by atoms with E-state index in [2.05, 4.69) is 14.8 Å². The molecule has 0 unspecified atom stereocenters. The monoisotopic (exact) mass is 464 g/mol. The molecule has 0 radical (unpaired) electrons. The van der Waals surface area contributed by atoms with Gasteiger partial charge in [0, 0.05) is 25.4 Å². The van der Waals surface area contributed by atoms with Crippen LogP contribution >= 0.6 is 12.4 Å². The average Bonchev–Trinajstić information content (AvgIpc) is 3.15. The molecule has 10 nitrogen and oxygen atoms in total. The number of carboxylic acids is 1. The molecule has 31 heavy (non-hydrogen) atoms. The lowest BCUT2D eigenvalue weighted by molar-refractivity contribution is -0.177. The van der Waals surface area contributed by atoms with Crippen molar-refractivity contribution in [1.29, 1.82) is 0 Å². The third-order valence-electron chi connectivity index (χ3n) is 4.08. The van der Waals surface area contributed by atoms with Gasteiger partial charge in [0.1, 0.15) is 5.69 Å². The number of aromatic nitrogens is 3. The van der Waals surface area contributed by atoms with Gasteiger partial charge >= 0.3 is 18.1 Å². The van der Waals surface area contributed by atoms with E-state index in [1.807, 2.05) is 0 Å². The predicted octanol–water partition coefficient (Wildman–Crippen LogP) is 1.46. The lowest BCUT2D eigenvalue weighted by Crippen LogP contribution is -2.55. The maximum Gasteiger partial charge on any atom is 0.433 e. The topological polar surface area (TPSA) is 124 Å². The molecule has 1 amide bonds. The van der Waals surface area contributed by atoms with Crippen LogP contribution in [0.2, 0.25) is 0 Å². The van der Waals surface area contributed by atoms with Crippen molar-refractivity contribution in [3.8, 4) is 5.69 Å². The molecule has 3 rings (SSSR count). The molecule has 1 aliphatic heterocycles. The number of hydrogen-bond donors (Lipinski definition) is 1. The van der Waals surface area contributed by atoms with Crippen LogP contribution in [0.4, 0.5) is 19.0 Å². The Bertz CT molecular complexity index is 983. The zero-order valence-electron chi connectivity index (χ0n) is 15.8. The molecule has 0 spiro atoms. The first-order valence-electron chi connectivity index (χ1n) is 8.50. The molecule has 0 aliphatic carbocycles. The zero-order chi connectivity index (χ0) is 22.1. The van der Waals surface area contributed by atoms with Gasteiger partial charge in [-0.1, -0.05) is 0 Å². The van der Waals surface area contributed by atoms with Crippen molar-refractivity contribution in [3.05, 3.63) is 36.3 Å². The Morgan fingerprint density at radius 1 is 1.35 bits per heavy atom. The second-order valence-corrected chi connectivity index (χ2v) is 6.17. The smallest absolute Gasteiger partial charge is 0.433 e. The molecule has 2 aromatic heterocycles. The highest BCUT2D eigenvalue weighted by Gasteiger charge is 2.43. The van der Waals surface area contributed by atoms with Crippen LogP contribution in [0.1, 0.15) is 12.6 Å². The van der Waals surface area contributed by atoms with E-state index in [0.717, 1.165) is 28.8 Å². The van der Waals surface area contributed by atoms with E-state index < -0.39 is 41.9 Å². The fourth-order valence-corrected chi connectivity index (χ4v) is 2.79. The summed E-state index contributed by atoms with van der Waals surface area (Å²) in [7, 11) is 0. The summed E-state index contributed by atoms with van der Waals surface area (Å²) in [6, 6.07) is 3.47. The van der Waals surface area contributed by atoms with Gasteiger partial charge in [-0.15, -0.1) is 17.5 Å². The molecule has 0 saturated carbocycles. The van der Waals surface area contributed by atoms with Gasteiger partial charge in [0.15, 0.2) is 11.9 Å². The van der Waals surface area contributed by atoms with Crippen molar-refractivity contribution in [3.63, 3.8) is 0 Å². The maximum atomic E-state index is 12.9. The summed E-state index contributed by atoms with van der Waals surface area (Å²) in [6.07, 6.45) is -5.77. The summed E-state index contributed by atoms with van der Waals surface area (Å²) in [5.41, 5.74) is -1.05. The minimum Gasteiger partial charge on any atom is -0.478 e. The standard InChI is InChI=1S/C17H15F3N4O6.ClH/c1-9(25)30-14(16(27)28)13-15(26)23(6-7-29-13)12-3-5-24(22-12)10-2-4-21-11(8-10)17(18,19)20;/h2-5,8,13-14H,6-7H2,1H3,(H,27,28);1H/t13-,14-;/m1./s1. The summed E-state index contributed by atoms with van der Waals surface area (Å²) in [4.78, 5) is 39.6. The molecule has 2 atom stereocenters. The number of alkyl halides is 3. The largest absolute Gasteiger partial charge is 0.478 e. The number of morpholine rings is 1. The van der Waals surface area contributed by atoms with Gasteiger partial charge in [-0.05, 0) is 12.1 Å². The maximum absolute atomic E-state index is 12.9. The highest BCUT2D eigenvalue weighted by atomic mass is 35.5. The van der Waals surface area contributed by atoms with E-state index >= 15 is 0 Å². The molecule has 168 valence electrons. The molecule has 1 saturated heterocycles. The Kier molecular flexibility index (Phi) is 7.23. The molecule has 1 fully saturated rings. The van der Waals surface area contributed by atoms with Crippen LogP contribution in [0, 0.1) is 0 Å². The number of rotatable bonds is 5. The number of esters is 1. The molecule has 1 aliphatic rings. The number of halogens is 4. The van der Waals surface area contributed by atoms with Crippen LogP contribution in [-0.2, 0) is 30.0 Å². The molecule has 14 heteroatoms. The van der Waals surface area contributed by atoms with Gasteiger partial charge in [0.2, 0.25) is 6.10 Å². The summed E-state index contributed by atoms with van der Waals surface area (Å²) in [6.45, 7) is 0.942. The zero-order valence-corrected chi connectivity index (χ0v) is 16.6. The van der Waals surface area contributed by atoms with Gasteiger partial charge in [-0.3, -0.25) is 19.5 Å². The summed E-state index contributed by atoms with van der Waals surface area (Å²) < 4.78 is 49.6. The van der Waals surface area contributed by atoms with Gasteiger partial charge in [-0.2, -0.15) is 13.2 Å². The minimum atomic E-state index is -4.64. The van der Waals surface area contributed by atoms with Crippen LogP contribution in [-0.4, -0.2) is 63.1 Å². The molecule has 3 heterocycles. The molecule has 0 bridgehead atoms. The van der Waals surface area contributed by atoms with Gasteiger partial charge in [0.05, 0.1) is 18.8 Å². The van der Waals surface area contributed by atoms with Crippen molar-refractivity contribution >= 4 is 36.1 Å². The quantitative estimate of drug-likeness (QED) is 0.659. The molecule has 2 aromatic rings. The number of anilines is 1. The van der Waals surface area contributed by atoms with Crippen molar-refractivity contribution < 1.29 is 42.1 Å². The van der Waals surface area contributed by atoms with Crippen molar-refractivity contribution in [2.24, 2.45) is 0 Å². The number of hydrogen-bond acceptors (Lipinski definition) is 7. The number of nitrogens with zero attached hydrogens (tertiary/aromatic N) is 4. The average molecular weight is 465 g/mol. The normalized spacial score (nSPS) is 17.6. The fourth-order valence-electron chi connectivity index (χ4n) is 2.79. The minimum absolute atomic E-state index is 0. The number of pyridine rings is 1. The first kappa shape index (κ1) is 24.1. The van der Waals surface area contributed by atoms with E-state index in [-0.39, 0.29) is 37.1 Å². The summed E-state index contributed by atoms with van der Waals surface area (Å²) in [5.74, 6) is -3.22. The van der Waals surface area contributed by atoms with Crippen LogP contribution in [0.5, 0.6) is 0 Å². The van der Waals surface area contributed by atoms with Crippen LogP contribution < -0.4 is 4.90 Å². The van der Waals surface area contributed by atoms with E-state index in [0.29, 0.717) is 0 Å². The third kappa shape index (κ3) is 5.30. The second kappa shape index (κ2) is 9.31. The molecular formula is C17H16ClF3N4O6. The van der Waals surface area contributed by atoms with E-state index in [9.17, 15) is 32.7 Å². The number of amides is 1. The first-order valence-corrected chi connectivity index (χ1v) is 8.50. The van der Waals surface area contributed by atoms with E-state index in [1.165, 1.54) is 18.3 Å². The number of carboxylic acid groups (broad SMARTS) is 1. The Hall–Kier alpha value is -3.19. The SMILES string of the molecule is CC(=O)O[C@@H](C(=O)O)[C@H]1OCCN(c2ccn(-c3ccnc(C(F)(F)F)c3)n2)C1=O.Cl. The number of ether oxygens (including phenoxy) is 2. The highest BCUT2D eigenvalue weighted by molar-refractivity contribution is 5.99. The van der Waals surface area contributed by atoms with E-state index in [1.54, 1.807) is 0 Å². The first-order chi connectivity index (χ1) is 14.1. The Morgan fingerprint density at radius 3 is 2.68 bits per heavy atom. The number of carbonyl (C=O) groups excluding carboxylic acids is 2. The van der Waals surface area contributed by atoms with Gasteiger partial charge < -0.3 is 14.6 Å². The van der Waals surface area contributed by atoms with Gasteiger partial charge in [-0.25, -0.2) is 9.48 Å². The molecular weight excluding hydrogens is 449 g/mol. The summed E-state index contributed by atoms with van der Waals surface area (Å²) >= 11 is 0. The van der Waals surface area contributed by atoms with Crippen molar-refractivity contribution in [2.75, 3.05) is 18.1 Å². The Morgan fingerprint density at radius 2 is 2.06 bits per heavy atom. The highest BCUT2D eigenvalue weighted by Crippen LogP contribution is 2.29. The van der Waals surface area contributed by atoms with E-state index in [4.69, 9.17) is 4.74 Å². The van der Waals surface area contributed by atoms with Crippen molar-refractivity contribution in [2.45, 2.75) is 25.3 Å². The van der Waals surface area contributed by atoms with Crippen LogP contribution in [0.3, 0.4) is 0 Å². The fraction of sp³-hybridized carbons (Fsp3) is 0.353. The summed E-state index contributed by atoms with van der Waals surface area (Å²) in [5, 5.41) is 13.3. The Balaban J connectivity index is 0.00000341. The van der Waals surface area contributed by atoms with Crippen LogP contribution in [0.25, 0.3) is 5.69 Å². The third-order valence-corrected chi connectivity index (χ3v) is 4.08. The molecule has 0 aromatic carbocycles. The Labute approximate surface area is 179 Å². The van der Waals surface area contributed by atoms with Crippen LogP contribution in [0.15, 0.2) is 30.6 Å². The lowest BCUT2D eigenvalue weighted by atomic mass is 10.1. The number of aliphatic carboxylic acids is 1. The van der Waals surface area contributed by atoms with Gasteiger partial charge in [0.25, 0.3) is 5.91 Å². The molecule has 1 N–H and O–H groups in total. The number of carbonyl (C=O) groups is 3. The lowest BCUT2D eigenvalue weighted by Gasteiger charge is -2.33. The second-order valence-electron chi connectivity index (χ2n) is 6.17. The predicted molar refractivity (Wildman–Crippen MR) is 98.9 cm³/mol.